The van der Waals surface area contributed by atoms with Gasteiger partial charge in [0.2, 0.25) is 0 Å². The molecule has 1 aromatic rings. The minimum Gasteiger partial charge on any atom is -0.496 e. The topological polar surface area (TPSA) is 76.7 Å². The van der Waals surface area contributed by atoms with E-state index in [1.165, 1.54) is 0 Å². The van der Waals surface area contributed by atoms with Gasteiger partial charge in [-0.1, -0.05) is 19.4 Å². The van der Waals surface area contributed by atoms with E-state index in [2.05, 4.69) is 26.6 Å². The second kappa shape index (κ2) is 8.19. The number of rotatable bonds is 6. The molecule has 0 saturated heterocycles. The summed E-state index contributed by atoms with van der Waals surface area (Å²) in [4.78, 5) is 24.5. The first-order valence-electron chi connectivity index (χ1n) is 7.82. The minimum absolute atomic E-state index is 0.273. The molecule has 24 heavy (non-hydrogen) atoms. The first kappa shape index (κ1) is 18.3. The number of ether oxygens (including phenoxy) is 2. The second-order valence-electron chi connectivity index (χ2n) is 5.29. The molecule has 1 heterocycles. The van der Waals surface area contributed by atoms with Crippen molar-refractivity contribution in [3.05, 3.63) is 39.5 Å². The van der Waals surface area contributed by atoms with Crippen LogP contribution < -0.4 is 15.4 Å². The predicted molar refractivity (Wildman–Crippen MR) is 93.7 cm³/mol. The molecule has 0 spiro atoms. The number of nitrogens with one attached hydrogen (secondary N) is 2. The Morgan fingerprint density at radius 3 is 2.67 bits per heavy atom. The minimum atomic E-state index is -0.568. The molecule has 1 atom stereocenters. The van der Waals surface area contributed by atoms with E-state index < -0.39 is 12.0 Å². The van der Waals surface area contributed by atoms with Gasteiger partial charge in [-0.05, 0) is 47.0 Å². The number of halogens is 1. The molecular formula is C17H21BrN2O4. The number of urea groups is 1. The average molecular weight is 397 g/mol. The fraction of sp³-hybridized carbons (Fsp3) is 0.412. The molecule has 2 rings (SSSR count). The number of methoxy groups -OCH3 is 1. The molecule has 1 aliphatic rings. The zero-order valence-electron chi connectivity index (χ0n) is 13.9. The third kappa shape index (κ3) is 3.90. The number of benzene rings is 1. The van der Waals surface area contributed by atoms with Crippen LogP contribution >= 0.6 is 15.9 Å². The van der Waals surface area contributed by atoms with Gasteiger partial charge in [-0.15, -0.1) is 0 Å². The number of carbonyl (C=O) groups excluding carboxylic acids is 2. The molecule has 1 aliphatic heterocycles. The van der Waals surface area contributed by atoms with Crippen LogP contribution in [0.2, 0.25) is 0 Å². The maximum Gasteiger partial charge on any atom is 0.338 e. The van der Waals surface area contributed by atoms with Crippen LogP contribution in [0.5, 0.6) is 5.75 Å². The molecule has 0 aliphatic carbocycles. The van der Waals surface area contributed by atoms with Gasteiger partial charge >= 0.3 is 12.0 Å². The zero-order chi connectivity index (χ0) is 17.7. The van der Waals surface area contributed by atoms with Crippen LogP contribution in [0.4, 0.5) is 4.79 Å². The van der Waals surface area contributed by atoms with Gasteiger partial charge in [0.15, 0.2) is 0 Å². The Bertz CT molecular complexity index is 673. The van der Waals surface area contributed by atoms with Gasteiger partial charge in [-0.2, -0.15) is 0 Å². The normalized spacial score (nSPS) is 17.2. The Labute approximate surface area is 149 Å². The van der Waals surface area contributed by atoms with Gasteiger partial charge in [0.1, 0.15) is 5.75 Å². The molecule has 0 radical (unpaired) electrons. The lowest BCUT2D eigenvalue weighted by atomic mass is 9.94. The summed E-state index contributed by atoms with van der Waals surface area (Å²) in [5, 5.41) is 5.54. The maximum atomic E-state index is 12.5. The van der Waals surface area contributed by atoms with Crippen LogP contribution in [0, 0.1) is 0 Å². The lowest BCUT2D eigenvalue weighted by Crippen LogP contribution is -2.46. The lowest BCUT2D eigenvalue weighted by molar-refractivity contribution is -0.139. The van der Waals surface area contributed by atoms with Crippen LogP contribution in [-0.4, -0.2) is 25.7 Å². The van der Waals surface area contributed by atoms with E-state index >= 15 is 0 Å². The highest BCUT2D eigenvalue weighted by molar-refractivity contribution is 9.10. The van der Waals surface area contributed by atoms with Crippen molar-refractivity contribution in [2.75, 3.05) is 13.7 Å². The first-order valence-corrected chi connectivity index (χ1v) is 8.62. The summed E-state index contributed by atoms with van der Waals surface area (Å²) >= 11 is 3.44. The summed E-state index contributed by atoms with van der Waals surface area (Å²) in [6.45, 7) is 4.02. The SMILES string of the molecule is CCCC1=C(C(=O)OCC)C(c2ccc(OC)c(Br)c2)NC(=O)N1. The highest BCUT2D eigenvalue weighted by Gasteiger charge is 2.33. The Morgan fingerprint density at radius 1 is 1.33 bits per heavy atom. The smallest absolute Gasteiger partial charge is 0.338 e. The molecule has 0 fully saturated rings. The predicted octanol–water partition coefficient (Wildman–Crippen LogP) is 3.43. The van der Waals surface area contributed by atoms with E-state index in [1.807, 2.05) is 19.1 Å². The van der Waals surface area contributed by atoms with Gasteiger partial charge in [-0.3, -0.25) is 0 Å². The van der Waals surface area contributed by atoms with Crippen LogP contribution in [-0.2, 0) is 9.53 Å². The number of esters is 1. The van der Waals surface area contributed by atoms with Gasteiger partial charge in [0.25, 0.3) is 0 Å². The summed E-state index contributed by atoms with van der Waals surface area (Å²) in [6, 6.07) is 4.54. The van der Waals surface area contributed by atoms with Crippen molar-refractivity contribution in [1.29, 1.82) is 0 Å². The third-order valence-electron chi connectivity index (χ3n) is 3.66. The number of hydrogen-bond donors (Lipinski definition) is 2. The molecule has 2 N–H and O–H groups in total. The van der Waals surface area contributed by atoms with Crippen LogP contribution in [0.15, 0.2) is 33.9 Å². The van der Waals surface area contributed by atoms with Crippen LogP contribution in [0.3, 0.4) is 0 Å². The van der Waals surface area contributed by atoms with E-state index in [0.29, 0.717) is 23.4 Å². The van der Waals surface area contributed by atoms with Crippen molar-refractivity contribution < 1.29 is 19.1 Å². The van der Waals surface area contributed by atoms with Crippen molar-refractivity contribution in [3.63, 3.8) is 0 Å². The molecular weight excluding hydrogens is 376 g/mol. The Morgan fingerprint density at radius 2 is 2.08 bits per heavy atom. The van der Waals surface area contributed by atoms with Crippen molar-refractivity contribution in [1.82, 2.24) is 10.6 Å². The van der Waals surface area contributed by atoms with Gasteiger partial charge in [0.05, 0.1) is 29.8 Å². The molecule has 1 unspecified atom stereocenters. The fourth-order valence-corrected chi connectivity index (χ4v) is 3.19. The summed E-state index contributed by atoms with van der Waals surface area (Å²) in [6.07, 6.45) is 1.40. The van der Waals surface area contributed by atoms with Crippen molar-refractivity contribution >= 4 is 27.9 Å². The van der Waals surface area contributed by atoms with Crippen LogP contribution in [0.25, 0.3) is 0 Å². The molecule has 130 valence electrons. The van der Waals surface area contributed by atoms with Crippen molar-refractivity contribution in [2.24, 2.45) is 0 Å². The third-order valence-corrected chi connectivity index (χ3v) is 4.28. The van der Waals surface area contributed by atoms with Gasteiger partial charge in [0, 0.05) is 5.70 Å². The Hall–Kier alpha value is -2.02. The van der Waals surface area contributed by atoms with Crippen LogP contribution in [0.1, 0.15) is 38.3 Å². The quantitative estimate of drug-likeness (QED) is 0.722. The van der Waals surface area contributed by atoms with Crippen molar-refractivity contribution in [2.45, 2.75) is 32.7 Å². The van der Waals surface area contributed by atoms with E-state index in [-0.39, 0.29) is 12.6 Å². The maximum absolute atomic E-state index is 12.5. The highest BCUT2D eigenvalue weighted by atomic mass is 79.9. The standard InChI is InChI=1S/C17H21BrN2O4/c1-4-6-12-14(16(21)24-5-2)15(20-17(22)19-12)10-7-8-13(23-3)11(18)9-10/h7-9,15H,4-6H2,1-3H3,(H2,19,20,22). The molecule has 0 saturated carbocycles. The number of allylic oxidation sites excluding steroid dienone is 1. The largest absolute Gasteiger partial charge is 0.496 e. The molecule has 6 nitrogen and oxygen atoms in total. The molecule has 1 aromatic carbocycles. The first-order chi connectivity index (χ1) is 11.5. The molecule has 2 amide bonds. The Kier molecular flexibility index (Phi) is 6.25. The van der Waals surface area contributed by atoms with E-state index in [9.17, 15) is 9.59 Å². The van der Waals surface area contributed by atoms with Gasteiger partial charge < -0.3 is 20.1 Å². The molecule has 0 bridgehead atoms. The highest BCUT2D eigenvalue weighted by Crippen LogP contribution is 2.33. The number of hydrogen-bond acceptors (Lipinski definition) is 4. The average Bonchev–Trinajstić information content (AvgIpc) is 2.54. The monoisotopic (exact) mass is 396 g/mol. The molecule has 0 aromatic heterocycles. The number of amides is 2. The summed E-state index contributed by atoms with van der Waals surface area (Å²) in [7, 11) is 1.58. The molecule has 7 heteroatoms. The Balaban J connectivity index is 2.50. The summed E-state index contributed by atoms with van der Waals surface area (Å²) < 4.78 is 11.2. The second-order valence-corrected chi connectivity index (χ2v) is 6.14. The van der Waals surface area contributed by atoms with E-state index in [0.717, 1.165) is 16.5 Å². The number of carbonyl (C=O) groups is 2. The van der Waals surface area contributed by atoms with E-state index in [4.69, 9.17) is 9.47 Å². The van der Waals surface area contributed by atoms with Gasteiger partial charge in [-0.25, -0.2) is 9.59 Å². The lowest BCUT2D eigenvalue weighted by Gasteiger charge is -2.29. The van der Waals surface area contributed by atoms with E-state index in [1.54, 1.807) is 20.1 Å². The van der Waals surface area contributed by atoms with Crippen molar-refractivity contribution in [3.8, 4) is 5.75 Å². The zero-order valence-corrected chi connectivity index (χ0v) is 15.5. The summed E-state index contributed by atoms with van der Waals surface area (Å²) in [5.41, 5.74) is 1.82. The summed E-state index contributed by atoms with van der Waals surface area (Å²) in [5.74, 6) is 0.250. The fourth-order valence-electron chi connectivity index (χ4n) is 2.63.